The maximum atomic E-state index is 12.3. The molecule has 1 unspecified atom stereocenters. The van der Waals surface area contributed by atoms with Crippen LogP contribution in [-0.2, 0) is 4.79 Å². The van der Waals surface area contributed by atoms with Crippen molar-refractivity contribution in [2.45, 2.75) is 59.4 Å². The molecule has 0 saturated carbocycles. The number of nitrogens with zero attached hydrogens (tertiary/aromatic N) is 1. The van der Waals surface area contributed by atoms with Gasteiger partial charge in [0.05, 0.1) is 0 Å². The first-order valence-electron chi connectivity index (χ1n) is 8.09. The molecule has 1 saturated heterocycles. The normalized spacial score (nSPS) is 21.2. The van der Waals surface area contributed by atoms with Gasteiger partial charge < -0.3 is 15.3 Å². The Labute approximate surface area is 128 Å². The molecule has 0 radical (unpaired) electrons. The summed E-state index contributed by atoms with van der Waals surface area (Å²) in [5.41, 5.74) is 0. The summed E-state index contributed by atoms with van der Waals surface area (Å²) in [5, 5.41) is 11.9. The van der Waals surface area contributed by atoms with Crippen LogP contribution in [0.25, 0.3) is 0 Å². The number of likely N-dealkylation sites (tertiary alicyclic amines) is 1. The standard InChI is InChI=1S/C16H30N2O3/c1-11(2)10-14(15(19)20)17-16(21)18-8-5-6-13(7-9-18)12(3)4/h11-14H,5-10H2,1-4H3,(H,17,21)(H,19,20)/t13?,14-/m0/s1. The Kier molecular flexibility index (Phi) is 6.99. The Bertz CT molecular complexity index is 355. The highest BCUT2D eigenvalue weighted by atomic mass is 16.4. The number of amides is 2. The third-order valence-electron chi connectivity index (χ3n) is 4.31. The number of nitrogens with one attached hydrogen (secondary N) is 1. The van der Waals surface area contributed by atoms with E-state index >= 15 is 0 Å². The third-order valence-corrected chi connectivity index (χ3v) is 4.31. The van der Waals surface area contributed by atoms with Crippen molar-refractivity contribution < 1.29 is 14.7 Å². The second-order valence-corrected chi connectivity index (χ2v) is 6.89. The number of carboxylic acids is 1. The van der Waals surface area contributed by atoms with Crippen LogP contribution in [0.15, 0.2) is 0 Å². The highest BCUT2D eigenvalue weighted by Gasteiger charge is 2.26. The van der Waals surface area contributed by atoms with Crippen molar-refractivity contribution in [2.75, 3.05) is 13.1 Å². The highest BCUT2D eigenvalue weighted by Crippen LogP contribution is 2.24. The van der Waals surface area contributed by atoms with Gasteiger partial charge in [-0.2, -0.15) is 0 Å². The van der Waals surface area contributed by atoms with Gasteiger partial charge >= 0.3 is 12.0 Å². The second kappa shape index (κ2) is 8.25. The van der Waals surface area contributed by atoms with Gasteiger partial charge in [0, 0.05) is 13.1 Å². The van der Waals surface area contributed by atoms with E-state index in [0.717, 1.165) is 32.4 Å². The van der Waals surface area contributed by atoms with E-state index < -0.39 is 12.0 Å². The van der Waals surface area contributed by atoms with Crippen LogP contribution in [-0.4, -0.2) is 41.1 Å². The number of carbonyl (C=O) groups excluding carboxylic acids is 1. The van der Waals surface area contributed by atoms with Gasteiger partial charge in [-0.15, -0.1) is 0 Å². The monoisotopic (exact) mass is 298 g/mol. The highest BCUT2D eigenvalue weighted by molar-refractivity contribution is 5.82. The summed E-state index contributed by atoms with van der Waals surface area (Å²) >= 11 is 0. The van der Waals surface area contributed by atoms with Crippen LogP contribution in [0.1, 0.15) is 53.4 Å². The Morgan fingerprint density at radius 3 is 2.38 bits per heavy atom. The summed E-state index contributed by atoms with van der Waals surface area (Å²) < 4.78 is 0. The SMILES string of the molecule is CC(C)C[C@H](NC(=O)N1CCCC(C(C)C)CC1)C(=O)O. The van der Waals surface area contributed by atoms with Crippen LogP contribution >= 0.6 is 0 Å². The molecule has 0 aromatic rings. The molecule has 21 heavy (non-hydrogen) atoms. The number of hydrogen-bond donors (Lipinski definition) is 2. The lowest BCUT2D eigenvalue weighted by Gasteiger charge is -2.25. The number of carbonyl (C=O) groups is 2. The van der Waals surface area contributed by atoms with Crippen molar-refractivity contribution in [3.8, 4) is 0 Å². The zero-order valence-corrected chi connectivity index (χ0v) is 13.8. The van der Waals surface area contributed by atoms with Gasteiger partial charge in [-0.3, -0.25) is 0 Å². The minimum Gasteiger partial charge on any atom is -0.480 e. The number of urea groups is 1. The first kappa shape index (κ1) is 17.8. The molecule has 1 aliphatic rings. The molecule has 1 heterocycles. The van der Waals surface area contributed by atoms with Crippen LogP contribution in [0, 0.1) is 17.8 Å². The lowest BCUT2D eigenvalue weighted by Crippen LogP contribution is -2.48. The topological polar surface area (TPSA) is 69.6 Å². The molecule has 2 atom stereocenters. The second-order valence-electron chi connectivity index (χ2n) is 6.89. The predicted octanol–water partition coefficient (Wildman–Crippen LogP) is 2.95. The van der Waals surface area contributed by atoms with Crippen molar-refractivity contribution >= 4 is 12.0 Å². The zero-order valence-electron chi connectivity index (χ0n) is 13.8. The average molecular weight is 298 g/mol. The van der Waals surface area contributed by atoms with E-state index in [2.05, 4.69) is 19.2 Å². The molecular weight excluding hydrogens is 268 g/mol. The first-order valence-corrected chi connectivity index (χ1v) is 8.09. The summed E-state index contributed by atoms with van der Waals surface area (Å²) in [6, 6.07) is -1.02. The largest absolute Gasteiger partial charge is 0.480 e. The fourth-order valence-corrected chi connectivity index (χ4v) is 2.93. The van der Waals surface area contributed by atoms with Crippen LogP contribution in [0.5, 0.6) is 0 Å². The molecule has 0 spiro atoms. The van der Waals surface area contributed by atoms with E-state index in [0.29, 0.717) is 18.3 Å². The minimum absolute atomic E-state index is 0.229. The first-order chi connectivity index (χ1) is 9.81. The van der Waals surface area contributed by atoms with Crippen molar-refractivity contribution in [3.05, 3.63) is 0 Å². The van der Waals surface area contributed by atoms with Gasteiger partial charge in [0.15, 0.2) is 0 Å². The van der Waals surface area contributed by atoms with Gasteiger partial charge in [-0.05, 0) is 43.4 Å². The molecule has 122 valence electrons. The molecule has 2 amide bonds. The lowest BCUT2D eigenvalue weighted by atomic mass is 9.89. The molecule has 5 nitrogen and oxygen atoms in total. The number of carboxylic acid groups (broad SMARTS) is 1. The number of hydrogen-bond acceptors (Lipinski definition) is 2. The molecule has 2 N–H and O–H groups in total. The molecular formula is C16H30N2O3. The molecule has 1 fully saturated rings. The van der Waals surface area contributed by atoms with Crippen LogP contribution in [0.4, 0.5) is 4.79 Å². The van der Waals surface area contributed by atoms with Crippen molar-refractivity contribution in [1.82, 2.24) is 10.2 Å². The Hall–Kier alpha value is -1.26. The molecule has 1 aliphatic heterocycles. The molecule has 0 aromatic carbocycles. The van der Waals surface area contributed by atoms with Crippen molar-refractivity contribution in [2.24, 2.45) is 17.8 Å². The van der Waals surface area contributed by atoms with E-state index in [-0.39, 0.29) is 11.9 Å². The number of rotatable bonds is 5. The Balaban J connectivity index is 2.55. The van der Waals surface area contributed by atoms with E-state index in [9.17, 15) is 14.7 Å². The predicted molar refractivity (Wildman–Crippen MR) is 83.2 cm³/mol. The summed E-state index contributed by atoms with van der Waals surface area (Å²) in [6.07, 6.45) is 3.62. The van der Waals surface area contributed by atoms with Gasteiger partial charge in [-0.25, -0.2) is 9.59 Å². The van der Waals surface area contributed by atoms with E-state index in [1.807, 2.05) is 13.8 Å². The Morgan fingerprint density at radius 2 is 1.86 bits per heavy atom. The van der Waals surface area contributed by atoms with Gasteiger partial charge in [0.2, 0.25) is 0 Å². The Morgan fingerprint density at radius 1 is 1.19 bits per heavy atom. The van der Waals surface area contributed by atoms with Crippen LogP contribution in [0.2, 0.25) is 0 Å². The third kappa shape index (κ3) is 5.94. The van der Waals surface area contributed by atoms with E-state index in [1.54, 1.807) is 4.90 Å². The summed E-state index contributed by atoms with van der Waals surface area (Å²) in [4.78, 5) is 25.3. The van der Waals surface area contributed by atoms with Crippen molar-refractivity contribution in [3.63, 3.8) is 0 Å². The van der Waals surface area contributed by atoms with Gasteiger partial charge in [0.25, 0.3) is 0 Å². The molecule has 1 rings (SSSR count). The minimum atomic E-state index is -0.952. The van der Waals surface area contributed by atoms with Gasteiger partial charge in [-0.1, -0.05) is 27.7 Å². The smallest absolute Gasteiger partial charge is 0.326 e. The quantitative estimate of drug-likeness (QED) is 0.820. The molecule has 0 aromatic heterocycles. The fraction of sp³-hybridized carbons (Fsp3) is 0.875. The molecule has 5 heteroatoms. The maximum Gasteiger partial charge on any atom is 0.326 e. The van der Waals surface area contributed by atoms with E-state index in [4.69, 9.17) is 0 Å². The molecule has 0 bridgehead atoms. The van der Waals surface area contributed by atoms with Crippen LogP contribution < -0.4 is 5.32 Å². The molecule has 0 aliphatic carbocycles. The maximum absolute atomic E-state index is 12.3. The average Bonchev–Trinajstić information content (AvgIpc) is 2.62. The lowest BCUT2D eigenvalue weighted by molar-refractivity contribution is -0.139. The summed E-state index contributed by atoms with van der Waals surface area (Å²) in [7, 11) is 0. The van der Waals surface area contributed by atoms with Crippen molar-refractivity contribution in [1.29, 1.82) is 0 Å². The summed E-state index contributed by atoms with van der Waals surface area (Å²) in [5.74, 6) is 0.585. The zero-order chi connectivity index (χ0) is 16.0. The number of aliphatic carboxylic acids is 1. The van der Waals surface area contributed by atoms with E-state index in [1.165, 1.54) is 0 Å². The van der Waals surface area contributed by atoms with Gasteiger partial charge in [0.1, 0.15) is 6.04 Å². The summed E-state index contributed by atoms with van der Waals surface area (Å²) in [6.45, 7) is 9.82. The fourth-order valence-electron chi connectivity index (χ4n) is 2.93. The van der Waals surface area contributed by atoms with Crippen LogP contribution in [0.3, 0.4) is 0 Å².